The Morgan fingerprint density at radius 1 is 1.50 bits per heavy atom. The molecule has 0 radical (unpaired) electrons. The number of aryl methyl sites for hydroxylation is 2. The van der Waals surface area contributed by atoms with Gasteiger partial charge in [0.25, 0.3) is 0 Å². The number of rotatable bonds is 3. The minimum absolute atomic E-state index is 0.172. The van der Waals surface area contributed by atoms with Crippen LogP contribution >= 0.6 is 0 Å². The average molecular weight is 193 g/mol. The third kappa shape index (κ3) is 1.59. The topological polar surface area (TPSA) is 68.5 Å². The summed E-state index contributed by atoms with van der Waals surface area (Å²) >= 11 is 0. The van der Waals surface area contributed by atoms with Gasteiger partial charge in [0.1, 0.15) is 5.82 Å². The summed E-state index contributed by atoms with van der Waals surface area (Å²) in [5.41, 5.74) is -0.172. The van der Waals surface area contributed by atoms with E-state index in [0.717, 1.165) is 0 Å². The Labute approximate surface area is 80.2 Å². The molecule has 0 amide bonds. The molecule has 0 saturated heterocycles. The second kappa shape index (κ2) is 3.49. The van der Waals surface area contributed by atoms with Crippen molar-refractivity contribution in [3.05, 3.63) is 34.8 Å². The van der Waals surface area contributed by atoms with Crippen molar-refractivity contribution < 1.29 is 0 Å². The normalized spacial score (nSPS) is 10.6. The number of aromatic nitrogens is 5. The van der Waals surface area contributed by atoms with Crippen molar-refractivity contribution in [2.75, 3.05) is 0 Å². The molecule has 0 aliphatic carbocycles. The quantitative estimate of drug-likeness (QED) is 0.732. The number of aromatic amines is 1. The van der Waals surface area contributed by atoms with Gasteiger partial charge in [-0.3, -0.25) is 9.25 Å². The van der Waals surface area contributed by atoms with E-state index in [9.17, 15) is 4.79 Å². The standard InChI is InChI=1S/C8H11N5O/c1-7-10-11-8(14)13(7)6-5-12-4-2-3-9-12/h2-4H,5-6H2,1H3,(H,11,14). The van der Waals surface area contributed by atoms with Crippen molar-refractivity contribution in [3.63, 3.8) is 0 Å². The number of nitrogens with zero attached hydrogens (tertiary/aromatic N) is 4. The van der Waals surface area contributed by atoms with Crippen LogP contribution in [0, 0.1) is 6.92 Å². The molecule has 0 atom stereocenters. The fraction of sp³-hybridized carbons (Fsp3) is 0.375. The first-order valence-electron chi connectivity index (χ1n) is 4.36. The molecule has 14 heavy (non-hydrogen) atoms. The van der Waals surface area contributed by atoms with Crippen LogP contribution in [0.5, 0.6) is 0 Å². The first-order chi connectivity index (χ1) is 6.77. The van der Waals surface area contributed by atoms with E-state index >= 15 is 0 Å². The molecule has 0 spiro atoms. The van der Waals surface area contributed by atoms with E-state index in [-0.39, 0.29) is 5.69 Å². The van der Waals surface area contributed by atoms with Gasteiger partial charge in [-0.1, -0.05) is 0 Å². The molecule has 6 heteroatoms. The van der Waals surface area contributed by atoms with Gasteiger partial charge in [0, 0.05) is 18.9 Å². The van der Waals surface area contributed by atoms with Gasteiger partial charge in [0.2, 0.25) is 0 Å². The van der Waals surface area contributed by atoms with Crippen LogP contribution in [0.2, 0.25) is 0 Å². The molecule has 0 aliphatic rings. The zero-order valence-electron chi connectivity index (χ0n) is 7.84. The summed E-state index contributed by atoms with van der Waals surface area (Å²) in [7, 11) is 0. The summed E-state index contributed by atoms with van der Waals surface area (Å²) in [4.78, 5) is 11.2. The third-order valence-corrected chi connectivity index (χ3v) is 2.06. The molecule has 0 unspecified atom stereocenters. The maximum absolute atomic E-state index is 11.2. The highest BCUT2D eigenvalue weighted by Crippen LogP contribution is 1.90. The molecule has 0 aromatic carbocycles. The summed E-state index contributed by atoms with van der Waals surface area (Å²) in [6.07, 6.45) is 3.57. The van der Waals surface area contributed by atoms with Crippen LogP contribution in [0.1, 0.15) is 5.82 Å². The molecule has 2 heterocycles. The highest BCUT2D eigenvalue weighted by molar-refractivity contribution is 4.82. The second-order valence-electron chi connectivity index (χ2n) is 3.00. The minimum atomic E-state index is -0.172. The first-order valence-corrected chi connectivity index (χ1v) is 4.36. The highest BCUT2D eigenvalue weighted by atomic mass is 16.1. The van der Waals surface area contributed by atoms with Gasteiger partial charge in [-0.25, -0.2) is 9.89 Å². The van der Waals surface area contributed by atoms with Crippen molar-refractivity contribution in [2.24, 2.45) is 0 Å². The Balaban J connectivity index is 2.09. The SMILES string of the molecule is Cc1n[nH]c(=O)n1CCn1cccn1. The lowest BCUT2D eigenvalue weighted by molar-refractivity contribution is 0.517. The molecule has 6 nitrogen and oxygen atoms in total. The third-order valence-electron chi connectivity index (χ3n) is 2.06. The van der Waals surface area contributed by atoms with Crippen molar-refractivity contribution >= 4 is 0 Å². The van der Waals surface area contributed by atoms with Crippen molar-refractivity contribution in [2.45, 2.75) is 20.0 Å². The molecule has 2 aromatic rings. The number of H-pyrrole nitrogens is 1. The second-order valence-corrected chi connectivity index (χ2v) is 3.00. The Kier molecular flexibility index (Phi) is 2.18. The van der Waals surface area contributed by atoms with Crippen molar-refractivity contribution in [1.29, 1.82) is 0 Å². The molecule has 0 bridgehead atoms. The molecule has 0 saturated carbocycles. The van der Waals surface area contributed by atoms with Crippen molar-refractivity contribution in [1.82, 2.24) is 24.5 Å². The lowest BCUT2D eigenvalue weighted by Crippen LogP contribution is -2.20. The molecule has 0 aliphatic heterocycles. The lowest BCUT2D eigenvalue weighted by Gasteiger charge is -2.02. The number of nitrogens with one attached hydrogen (secondary N) is 1. The Morgan fingerprint density at radius 2 is 2.36 bits per heavy atom. The van der Waals surface area contributed by atoms with Crippen LogP contribution in [0.25, 0.3) is 0 Å². The van der Waals surface area contributed by atoms with Crippen molar-refractivity contribution in [3.8, 4) is 0 Å². The predicted molar refractivity (Wildman–Crippen MR) is 49.8 cm³/mol. The number of hydrogen-bond acceptors (Lipinski definition) is 3. The summed E-state index contributed by atoms with van der Waals surface area (Å²) in [5.74, 6) is 0.696. The summed E-state index contributed by atoms with van der Waals surface area (Å²) in [6, 6.07) is 1.85. The molecule has 2 aromatic heterocycles. The number of hydrogen-bond donors (Lipinski definition) is 1. The van der Waals surface area contributed by atoms with Gasteiger partial charge in [-0.05, 0) is 13.0 Å². The van der Waals surface area contributed by atoms with Gasteiger partial charge < -0.3 is 0 Å². The van der Waals surface area contributed by atoms with E-state index < -0.39 is 0 Å². The first kappa shape index (κ1) is 8.74. The largest absolute Gasteiger partial charge is 0.343 e. The van der Waals surface area contributed by atoms with Crippen LogP contribution < -0.4 is 5.69 Å². The zero-order chi connectivity index (χ0) is 9.97. The van der Waals surface area contributed by atoms with E-state index in [1.165, 1.54) is 0 Å². The maximum Gasteiger partial charge on any atom is 0.343 e. The van der Waals surface area contributed by atoms with Gasteiger partial charge in [0.05, 0.1) is 6.54 Å². The van der Waals surface area contributed by atoms with E-state index in [1.54, 1.807) is 22.4 Å². The Morgan fingerprint density at radius 3 is 2.93 bits per heavy atom. The highest BCUT2D eigenvalue weighted by Gasteiger charge is 2.02. The van der Waals surface area contributed by atoms with Crippen LogP contribution in [0.3, 0.4) is 0 Å². The summed E-state index contributed by atoms with van der Waals surface area (Å²) in [5, 5.41) is 10.3. The van der Waals surface area contributed by atoms with Gasteiger partial charge >= 0.3 is 5.69 Å². The molecule has 1 N–H and O–H groups in total. The fourth-order valence-corrected chi connectivity index (χ4v) is 1.29. The molecular formula is C8H11N5O. The molecular weight excluding hydrogens is 182 g/mol. The zero-order valence-corrected chi connectivity index (χ0v) is 7.84. The molecule has 2 rings (SSSR count). The van der Waals surface area contributed by atoms with Gasteiger partial charge in [-0.15, -0.1) is 0 Å². The van der Waals surface area contributed by atoms with E-state index in [0.29, 0.717) is 18.9 Å². The van der Waals surface area contributed by atoms with Gasteiger partial charge in [0.15, 0.2) is 0 Å². The maximum atomic E-state index is 11.2. The average Bonchev–Trinajstić information content (AvgIpc) is 2.76. The molecule has 0 fully saturated rings. The van der Waals surface area contributed by atoms with Crippen LogP contribution in [-0.4, -0.2) is 24.5 Å². The summed E-state index contributed by atoms with van der Waals surface area (Å²) < 4.78 is 3.36. The van der Waals surface area contributed by atoms with Crippen LogP contribution in [0.4, 0.5) is 0 Å². The van der Waals surface area contributed by atoms with E-state index in [2.05, 4.69) is 15.3 Å². The van der Waals surface area contributed by atoms with E-state index in [1.807, 2.05) is 12.3 Å². The van der Waals surface area contributed by atoms with Gasteiger partial charge in [-0.2, -0.15) is 10.2 Å². The summed E-state index contributed by atoms with van der Waals surface area (Å²) in [6.45, 7) is 3.05. The minimum Gasteiger partial charge on any atom is -0.277 e. The van der Waals surface area contributed by atoms with Crippen LogP contribution in [-0.2, 0) is 13.1 Å². The molecule has 74 valence electrons. The lowest BCUT2D eigenvalue weighted by atomic mass is 10.5. The fourth-order valence-electron chi connectivity index (χ4n) is 1.29. The Hall–Kier alpha value is -1.85. The smallest absolute Gasteiger partial charge is 0.277 e. The monoisotopic (exact) mass is 193 g/mol. The van der Waals surface area contributed by atoms with Crippen LogP contribution in [0.15, 0.2) is 23.3 Å². The predicted octanol–water partition coefficient (Wildman–Crippen LogP) is -0.223. The Bertz CT molecular complexity index is 452. The van der Waals surface area contributed by atoms with E-state index in [4.69, 9.17) is 0 Å².